The number of carbonyl (C=O) groups excluding carboxylic acids is 1. The van der Waals surface area contributed by atoms with Gasteiger partial charge in [-0.15, -0.1) is 0 Å². The molecule has 1 amide bonds. The van der Waals surface area contributed by atoms with Crippen LogP contribution < -0.4 is 5.32 Å². The van der Waals surface area contributed by atoms with Gasteiger partial charge >= 0.3 is 0 Å². The first kappa shape index (κ1) is 14.5. The van der Waals surface area contributed by atoms with Gasteiger partial charge in [-0.2, -0.15) is 0 Å². The zero-order valence-corrected chi connectivity index (χ0v) is 11.2. The van der Waals surface area contributed by atoms with Gasteiger partial charge in [-0.3, -0.25) is 4.79 Å². The highest BCUT2D eigenvalue weighted by atomic mass is 16.5. The van der Waals surface area contributed by atoms with Crippen molar-refractivity contribution in [2.75, 3.05) is 39.4 Å². The summed E-state index contributed by atoms with van der Waals surface area (Å²) in [6.07, 6.45) is 2.95. The zero-order valence-electron chi connectivity index (χ0n) is 11.2. The molecule has 0 aromatic heterocycles. The average molecular weight is 242 g/mol. The maximum atomic E-state index is 11.7. The van der Waals surface area contributed by atoms with Crippen LogP contribution in [0.2, 0.25) is 0 Å². The summed E-state index contributed by atoms with van der Waals surface area (Å²) in [6.45, 7) is 9.34. The van der Waals surface area contributed by atoms with Crippen molar-refractivity contribution < 1.29 is 9.53 Å². The third kappa shape index (κ3) is 6.64. The van der Waals surface area contributed by atoms with E-state index in [2.05, 4.69) is 19.2 Å². The van der Waals surface area contributed by atoms with E-state index in [4.69, 9.17) is 4.74 Å². The van der Waals surface area contributed by atoms with Crippen LogP contribution in [0.4, 0.5) is 0 Å². The van der Waals surface area contributed by atoms with Gasteiger partial charge in [-0.25, -0.2) is 0 Å². The van der Waals surface area contributed by atoms with E-state index in [1.807, 2.05) is 4.90 Å². The molecule has 0 aliphatic carbocycles. The Labute approximate surface area is 105 Å². The van der Waals surface area contributed by atoms with Gasteiger partial charge < -0.3 is 15.0 Å². The Morgan fingerprint density at radius 3 is 2.65 bits per heavy atom. The van der Waals surface area contributed by atoms with Crippen LogP contribution in [0.1, 0.15) is 33.1 Å². The molecule has 100 valence electrons. The lowest BCUT2D eigenvalue weighted by atomic mass is 10.2. The third-order valence-corrected chi connectivity index (χ3v) is 2.85. The molecule has 4 nitrogen and oxygen atoms in total. The van der Waals surface area contributed by atoms with Crippen molar-refractivity contribution in [3.8, 4) is 0 Å². The topological polar surface area (TPSA) is 41.6 Å². The van der Waals surface area contributed by atoms with Gasteiger partial charge in [0.25, 0.3) is 0 Å². The Bertz CT molecular complexity index is 213. The van der Waals surface area contributed by atoms with Gasteiger partial charge in [0, 0.05) is 39.2 Å². The van der Waals surface area contributed by atoms with Crippen molar-refractivity contribution in [3.05, 3.63) is 0 Å². The van der Waals surface area contributed by atoms with Crippen molar-refractivity contribution in [3.63, 3.8) is 0 Å². The standard InChI is InChI=1S/C13H26N2O2/c1-12(2)11-17-10-7-14-6-5-13(16)15-8-3-4-9-15/h12,14H,3-11H2,1-2H3. The van der Waals surface area contributed by atoms with Crippen LogP contribution in [0.5, 0.6) is 0 Å². The number of carbonyl (C=O) groups is 1. The molecule has 1 saturated heterocycles. The molecule has 0 unspecified atom stereocenters. The van der Waals surface area contributed by atoms with E-state index in [1.54, 1.807) is 0 Å². The molecular weight excluding hydrogens is 216 g/mol. The van der Waals surface area contributed by atoms with Crippen molar-refractivity contribution in [2.24, 2.45) is 5.92 Å². The summed E-state index contributed by atoms with van der Waals surface area (Å²) >= 11 is 0. The fourth-order valence-electron chi connectivity index (χ4n) is 1.91. The van der Waals surface area contributed by atoms with Gasteiger partial charge in [0.05, 0.1) is 6.61 Å². The number of nitrogens with zero attached hydrogens (tertiary/aromatic N) is 1. The fourth-order valence-corrected chi connectivity index (χ4v) is 1.91. The van der Waals surface area contributed by atoms with Crippen LogP contribution in [0, 0.1) is 5.92 Å². The smallest absolute Gasteiger partial charge is 0.223 e. The number of rotatable bonds is 8. The maximum absolute atomic E-state index is 11.7. The van der Waals surface area contributed by atoms with Crippen molar-refractivity contribution in [1.29, 1.82) is 0 Å². The minimum Gasteiger partial charge on any atom is -0.380 e. The van der Waals surface area contributed by atoms with Gasteiger partial charge in [0.2, 0.25) is 5.91 Å². The van der Waals surface area contributed by atoms with Crippen LogP contribution >= 0.6 is 0 Å². The first-order valence-electron chi connectivity index (χ1n) is 6.76. The summed E-state index contributed by atoms with van der Waals surface area (Å²) in [5.41, 5.74) is 0. The predicted molar refractivity (Wildman–Crippen MR) is 69.0 cm³/mol. The van der Waals surface area contributed by atoms with Crippen molar-refractivity contribution in [2.45, 2.75) is 33.1 Å². The summed E-state index contributed by atoms with van der Waals surface area (Å²) in [5, 5.41) is 3.24. The maximum Gasteiger partial charge on any atom is 0.223 e. The number of ether oxygens (including phenoxy) is 1. The Hall–Kier alpha value is -0.610. The summed E-state index contributed by atoms with van der Waals surface area (Å²) in [4.78, 5) is 13.6. The second kappa shape index (κ2) is 8.48. The fraction of sp³-hybridized carbons (Fsp3) is 0.923. The first-order valence-corrected chi connectivity index (χ1v) is 6.76. The SMILES string of the molecule is CC(C)COCCNCCC(=O)N1CCCC1. The Morgan fingerprint density at radius 2 is 2.00 bits per heavy atom. The largest absolute Gasteiger partial charge is 0.380 e. The minimum absolute atomic E-state index is 0.290. The molecule has 0 atom stereocenters. The van der Waals surface area contributed by atoms with Gasteiger partial charge in [-0.1, -0.05) is 13.8 Å². The number of hydrogen-bond acceptors (Lipinski definition) is 3. The summed E-state index contributed by atoms with van der Waals surface area (Å²) in [7, 11) is 0. The van der Waals surface area contributed by atoms with E-state index in [9.17, 15) is 4.79 Å². The highest BCUT2D eigenvalue weighted by molar-refractivity contribution is 5.76. The predicted octanol–water partition coefficient (Wildman–Crippen LogP) is 1.26. The monoisotopic (exact) mass is 242 g/mol. The normalized spacial score (nSPS) is 15.8. The van der Waals surface area contributed by atoms with Crippen molar-refractivity contribution >= 4 is 5.91 Å². The zero-order chi connectivity index (χ0) is 12.5. The van der Waals surface area contributed by atoms with Gasteiger partial charge in [0.1, 0.15) is 0 Å². The van der Waals surface area contributed by atoms with Crippen LogP contribution in [0.25, 0.3) is 0 Å². The molecule has 0 saturated carbocycles. The molecule has 0 bridgehead atoms. The lowest BCUT2D eigenvalue weighted by Gasteiger charge is -2.15. The Kier molecular flexibility index (Phi) is 7.21. The van der Waals surface area contributed by atoms with Crippen LogP contribution in [-0.4, -0.2) is 50.2 Å². The number of nitrogens with one attached hydrogen (secondary N) is 1. The molecule has 0 aromatic carbocycles. The molecule has 1 aliphatic rings. The molecule has 1 aliphatic heterocycles. The molecule has 4 heteroatoms. The Morgan fingerprint density at radius 1 is 1.29 bits per heavy atom. The highest BCUT2D eigenvalue weighted by Crippen LogP contribution is 2.08. The van der Waals surface area contributed by atoms with E-state index in [-0.39, 0.29) is 5.91 Å². The van der Waals surface area contributed by atoms with Gasteiger partial charge in [-0.05, 0) is 18.8 Å². The average Bonchev–Trinajstić information content (AvgIpc) is 2.80. The summed E-state index contributed by atoms with van der Waals surface area (Å²) < 4.78 is 5.44. The highest BCUT2D eigenvalue weighted by Gasteiger charge is 2.16. The van der Waals surface area contributed by atoms with E-state index >= 15 is 0 Å². The second-order valence-electron chi connectivity index (χ2n) is 5.06. The number of hydrogen-bond donors (Lipinski definition) is 1. The summed E-state index contributed by atoms with van der Waals surface area (Å²) in [5.74, 6) is 0.879. The lowest BCUT2D eigenvalue weighted by molar-refractivity contribution is -0.130. The number of likely N-dealkylation sites (tertiary alicyclic amines) is 1. The molecule has 1 rings (SSSR count). The molecule has 1 heterocycles. The summed E-state index contributed by atoms with van der Waals surface area (Å²) in [6, 6.07) is 0. The molecule has 17 heavy (non-hydrogen) atoms. The molecule has 1 N–H and O–H groups in total. The number of amides is 1. The molecule has 0 aromatic rings. The van der Waals surface area contributed by atoms with Crippen LogP contribution in [0.15, 0.2) is 0 Å². The molecule has 0 spiro atoms. The van der Waals surface area contributed by atoms with Crippen molar-refractivity contribution in [1.82, 2.24) is 10.2 Å². The molecule has 1 fully saturated rings. The van der Waals surface area contributed by atoms with E-state index in [0.717, 1.165) is 39.4 Å². The van der Waals surface area contributed by atoms with Crippen LogP contribution in [-0.2, 0) is 9.53 Å². The van der Waals surface area contributed by atoms with E-state index in [1.165, 1.54) is 12.8 Å². The lowest BCUT2D eigenvalue weighted by Crippen LogP contribution is -2.31. The minimum atomic E-state index is 0.290. The van der Waals surface area contributed by atoms with E-state index in [0.29, 0.717) is 12.3 Å². The second-order valence-corrected chi connectivity index (χ2v) is 5.06. The van der Waals surface area contributed by atoms with Gasteiger partial charge in [0.15, 0.2) is 0 Å². The molecule has 0 radical (unpaired) electrons. The Balaban J connectivity index is 1.88. The third-order valence-electron chi connectivity index (χ3n) is 2.85. The van der Waals surface area contributed by atoms with E-state index < -0.39 is 0 Å². The van der Waals surface area contributed by atoms with Crippen LogP contribution in [0.3, 0.4) is 0 Å². The molecular formula is C13H26N2O2. The first-order chi connectivity index (χ1) is 8.20. The quantitative estimate of drug-likeness (QED) is 0.652.